The van der Waals surface area contributed by atoms with Crippen molar-refractivity contribution < 1.29 is 0 Å². The second-order valence-electron chi connectivity index (χ2n) is 4.33. The molecule has 2 N–H and O–H groups in total. The topological polar surface area (TPSA) is 45.6 Å². The first-order chi connectivity index (χ1) is 7.84. The number of H-pyrrole nitrogens is 1. The van der Waals surface area contributed by atoms with Gasteiger partial charge in [0.25, 0.3) is 0 Å². The van der Waals surface area contributed by atoms with E-state index in [0.29, 0.717) is 6.04 Å². The van der Waals surface area contributed by atoms with Crippen LogP contribution in [0, 0.1) is 0 Å². The molecule has 1 aliphatic rings. The smallest absolute Gasteiger partial charge is 0.0941 e. The normalized spacial score (nSPS) is 20.4. The third kappa shape index (κ3) is 1.55. The Hall–Kier alpha value is -1.55. The Balaban J connectivity index is 1.95. The molecule has 1 fully saturated rings. The van der Waals surface area contributed by atoms with Gasteiger partial charge in [-0.2, -0.15) is 5.10 Å². The molecule has 0 amide bonds. The van der Waals surface area contributed by atoms with Gasteiger partial charge in [0.05, 0.1) is 11.4 Å². The molecule has 84 valence electrons. The van der Waals surface area contributed by atoms with E-state index in [9.17, 15) is 0 Å². The maximum atomic E-state index is 4.55. The molecule has 1 atom stereocenters. The highest BCUT2D eigenvalue weighted by molar-refractivity contribution is 5.58. The van der Waals surface area contributed by atoms with E-state index < -0.39 is 0 Å². The number of aryl methyl sites for hydroxylation is 1. The van der Waals surface area contributed by atoms with Crippen LogP contribution in [0.25, 0.3) is 11.3 Å². The summed E-state index contributed by atoms with van der Waals surface area (Å²) in [6, 6.07) is 4.71. The van der Waals surface area contributed by atoms with Crippen molar-refractivity contribution in [3.63, 3.8) is 0 Å². The highest BCUT2D eigenvalue weighted by Gasteiger charge is 2.20. The van der Waals surface area contributed by atoms with Crippen molar-refractivity contribution in [2.75, 3.05) is 6.54 Å². The molecular formula is C12H16N4. The van der Waals surface area contributed by atoms with Gasteiger partial charge in [-0.25, -0.2) is 0 Å². The third-order valence-electron chi connectivity index (χ3n) is 3.23. The van der Waals surface area contributed by atoms with E-state index in [1.165, 1.54) is 18.5 Å². The molecule has 3 rings (SSSR count). The summed E-state index contributed by atoms with van der Waals surface area (Å²) in [6.45, 7) is 1.12. The molecule has 0 aliphatic carbocycles. The summed E-state index contributed by atoms with van der Waals surface area (Å²) in [5.41, 5.74) is 3.49. The van der Waals surface area contributed by atoms with E-state index in [0.717, 1.165) is 17.8 Å². The van der Waals surface area contributed by atoms with Crippen LogP contribution in [0.5, 0.6) is 0 Å². The Labute approximate surface area is 94.7 Å². The lowest BCUT2D eigenvalue weighted by Gasteiger charge is -2.09. The van der Waals surface area contributed by atoms with Crippen LogP contribution in [-0.4, -0.2) is 21.3 Å². The van der Waals surface area contributed by atoms with Gasteiger partial charge in [-0.05, 0) is 31.5 Å². The average molecular weight is 216 g/mol. The van der Waals surface area contributed by atoms with Gasteiger partial charge in [-0.1, -0.05) is 0 Å². The first-order valence-corrected chi connectivity index (χ1v) is 5.75. The van der Waals surface area contributed by atoms with Crippen LogP contribution in [0.3, 0.4) is 0 Å². The van der Waals surface area contributed by atoms with Gasteiger partial charge in [0, 0.05) is 31.0 Å². The molecule has 0 saturated carbocycles. The van der Waals surface area contributed by atoms with Crippen LogP contribution in [0.15, 0.2) is 24.5 Å². The van der Waals surface area contributed by atoms with Crippen LogP contribution >= 0.6 is 0 Å². The van der Waals surface area contributed by atoms with Crippen molar-refractivity contribution in [1.29, 1.82) is 0 Å². The molecule has 3 heterocycles. The van der Waals surface area contributed by atoms with Crippen molar-refractivity contribution in [2.24, 2.45) is 7.05 Å². The number of aromatic amines is 1. The molecule has 0 spiro atoms. The summed E-state index contributed by atoms with van der Waals surface area (Å²) in [7, 11) is 2.02. The molecule has 16 heavy (non-hydrogen) atoms. The van der Waals surface area contributed by atoms with Gasteiger partial charge in [0.15, 0.2) is 0 Å². The van der Waals surface area contributed by atoms with Gasteiger partial charge in [-0.15, -0.1) is 0 Å². The molecule has 2 aromatic rings. The molecule has 0 radical (unpaired) electrons. The minimum atomic E-state index is 0.477. The Morgan fingerprint density at radius 3 is 3.12 bits per heavy atom. The van der Waals surface area contributed by atoms with Gasteiger partial charge >= 0.3 is 0 Å². The van der Waals surface area contributed by atoms with Gasteiger partial charge in [-0.3, -0.25) is 4.68 Å². The maximum absolute atomic E-state index is 4.55. The van der Waals surface area contributed by atoms with E-state index in [2.05, 4.69) is 21.5 Å². The predicted molar refractivity (Wildman–Crippen MR) is 63.0 cm³/mol. The van der Waals surface area contributed by atoms with Crippen LogP contribution in [0.2, 0.25) is 0 Å². The summed E-state index contributed by atoms with van der Waals surface area (Å²) in [5, 5.41) is 8.06. The maximum Gasteiger partial charge on any atom is 0.0941 e. The lowest BCUT2D eigenvalue weighted by Crippen LogP contribution is -2.16. The number of aromatic nitrogens is 3. The predicted octanol–water partition coefficient (Wildman–Crippen LogP) is 1.84. The summed E-state index contributed by atoms with van der Waals surface area (Å²) in [5.74, 6) is 0. The zero-order valence-corrected chi connectivity index (χ0v) is 9.40. The molecule has 0 bridgehead atoms. The third-order valence-corrected chi connectivity index (χ3v) is 3.23. The highest BCUT2D eigenvalue weighted by Crippen LogP contribution is 2.26. The summed E-state index contributed by atoms with van der Waals surface area (Å²) in [4.78, 5) is 3.06. The number of nitrogens with zero attached hydrogens (tertiary/aromatic N) is 2. The summed E-state index contributed by atoms with van der Waals surface area (Å²) in [6.07, 6.45) is 6.38. The number of hydrogen-bond acceptors (Lipinski definition) is 2. The van der Waals surface area contributed by atoms with Crippen LogP contribution in [0.1, 0.15) is 24.6 Å². The van der Waals surface area contributed by atoms with Crippen LogP contribution < -0.4 is 5.32 Å². The van der Waals surface area contributed by atoms with E-state index in [1.54, 1.807) is 0 Å². The molecule has 4 heteroatoms. The van der Waals surface area contributed by atoms with E-state index >= 15 is 0 Å². The molecular weight excluding hydrogens is 200 g/mol. The van der Waals surface area contributed by atoms with Crippen molar-refractivity contribution in [1.82, 2.24) is 20.1 Å². The van der Waals surface area contributed by atoms with Crippen LogP contribution in [-0.2, 0) is 7.05 Å². The lowest BCUT2D eigenvalue weighted by atomic mass is 10.1. The van der Waals surface area contributed by atoms with Gasteiger partial charge < -0.3 is 10.3 Å². The fraction of sp³-hybridized carbons (Fsp3) is 0.417. The number of hydrogen-bond donors (Lipinski definition) is 2. The van der Waals surface area contributed by atoms with Gasteiger partial charge in [0.1, 0.15) is 0 Å². The molecule has 2 aromatic heterocycles. The van der Waals surface area contributed by atoms with Crippen LogP contribution in [0.4, 0.5) is 0 Å². The first-order valence-electron chi connectivity index (χ1n) is 5.75. The largest absolute Gasteiger partial charge is 0.367 e. The Kier molecular flexibility index (Phi) is 2.29. The van der Waals surface area contributed by atoms with E-state index in [1.807, 2.05) is 30.2 Å². The van der Waals surface area contributed by atoms with Crippen molar-refractivity contribution in [2.45, 2.75) is 18.9 Å². The standard InChI is InChI=1S/C12H16N4/c1-16-12(10-3-2-5-14-10)7-11(15-16)9-4-6-13-8-9/h4,6-8,10,13-14H,2-3,5H2,1H3. The minimum Gasteiger partial charge on any atom is -0.367 e. The minimum absolute atomic E-state index is 0.477. The zero-order valence-electron chi connectivity index (χ0n) is 9.40. The Morgan fingerprint density at radius 1 is 1.50 bits per heavy atom. The molecule has 1 unspecified atom stereocenters. The second kappa shape index (κ2) is 3.79. The lowest BCUT2D eigenvalue weighted by molar-refractivity contribution is 0.574. The van der Waals surface area contributed by atoms with Crippen molar-refractivity contribution in [3.8, 4) is 11.3 Å². The fourth-order valence-corrected chi connectivity index (χ4v) is 2.37. The van der Waals surface area contributed by atoms with Crippen molar-refractivity contribution in [3.05, 3.63) is 30.2 Å². The van der Waals surface area contributed by atoms with Gasteiger partial charge in [0.2, 0.25) is 0 Å². The SMILES string of the molecule is Cn1nc(-c2cc[nH]c2)cc1C1CCCN1. The molecule has 4 nitrogen and oxygen atoms in total. The average Bonchev–Trinajstić information content (AvgIpc) is 2.97. The fourth-order valence-electron chi connectivity index (χ4n) is 2.37. The second-order valence-corrected chi connectivity index (χ2v) is 4.33. The monoisotopic (exact) mass is 216 g/mol. The zero-order chi connectivity index (χ0) is 11.0. The first kappa shape index (κ1) is 9.66. The Bertz CT molecular complexity index is 463. The van der Waals surface area contributed by atoms with E-state index in [-0.39, 0.29) is 0 Å². The van der Waals surface area contributed by atoms with E-state index in [4.69, 9.17) is 0 Å². The summed E-state index contributed by atoms with van der Waals surface area (Å²) < 4.78 is 1.99. The number of rotatable bonds is 2. The van der Waals surface area contributed by atoms with Crippen molar-refractivity contribution >= 4 is 0 Å². The molecule has 1 saturated heterocycles. The summed E-state index contributed by atoms with van der Waals surface area (Å²) >= 11 is 0. The highest BCUT2D eigenvalue weighted by atomic mass is 15.3. The molecule has 0 aromatic carbocycles. The Morgan fingerprint density at radius 2 is 2.44 bits per heavy atom. The molecule has 1 aliphatic heterocycles. The number of nitrogens with one attached hydrogen (secondary N) is 2. The quantitative estimate of drug-likeness (QED) is 0.804.